The third-order valence-corrected chi connectivity index (χ3v) is 6.70. The van der Waals surface area contributed by atoms with Gasteiger partial charge in [-0.2, -0.15) is 0 Å². The molecule has 0 aromatic heterocycles. The van der Waals surface area contributed by atoms with Crippen molar-refractivity contribution in [3.63, 3.8) is 0 Å². The van der Waals surface area contributed by atoms with Gasteiger partial charge in [0, 0.05) is 11.6 Å². The van der Waals surface area contributed by atoms with Gasteiger partial charge in [0.05, 0.1) is 20.3 Å². The number of aryl methyl sites for hydroxylation is 1. The molecular weight excluding hydrogens is 386 g/mol. The highest BCUT2D eigenvalue weighted by atomic mass is 16.5. The minimum Gasteiger partial charge on any atom is -0.496 e. The number of ether oxygens (including phenoxy) is 2. The molecule has 1 fully saturated rings. The van der Waals surface area contributed by atoms with Crippen molar-refractivity contribution in [1.82, 2.24) is 0 Å². The SMILES string of the molecule is COc1cc(OCCCCC(C)CCCC(C)C)ccc1CCC(N)(CO)CC1CC1. The van der Waals surface area contributed by atoms with Crippen molar-refractivity contribution < 1.29 is 14.6 Å². The minimum atomic E-state index is -0.479. The van der Waals surface area contributed by atoms with E-state index in [4.69, 9.17) is 15.2 Å². The van der Waals surface area contributed by atoms with Crippen LogP contribution in [0.25, 0.3) is 0 Å². The monoisotopic (exact) mass is 433 g/mol. The molecular formula is C27H47NO3. The average Bonchev–Trinajstić information content (AvgIpc) is 3.55. The Morgan fingerprint density at radius 1 is 1.10 bits per heavy atom. The molecule has 4 heteroatoms. The second-order valence-electron chi connectivity index (χ2n) is 10.4. The Morgan fingerprint density at radius 2 is 1.84 bits per heavy atom. The maximum Gasteiger partial charge on any atom is 0.125 e. The number of nitrogens with two attached hydrogens (primary N) is 1. The summed E-state index contributed by atoms with van der Waals surface area (Å²) >= 11 is 0. The lowest BCUT2D eigenvalue weighted by molar-refractivity contribution is 0.172. The molecule has 0 spiro atoms. The summed E-state index contributed by atoms with van der Waals surface area (Å²) in [4.78, 5) is 0. The van der Waals surface area contributed by atoms with Crippen molar-refractivity contribution in [2.75, 3.05) is 20.3 Å². The Labute approximate surface area is 190 Å². The number of aliphatic hydroxyl groups excluding tert-OH is 1. The fourth-order valence-corrected chi connectivity index (χ4v) is 4.35. The number of hydrogen-bond donors (Lipinski definition) is 2. The van der Waals surface area contributed by atoms with Crippen molar-refractivity contribution in [3.8, 4) is 11.5 Å². The standard InChI is InChI=1S/C27H47NO3/c1-21(2)8-7-10-22(3)9-5-6-17-31-25-14-13-24(26(18-25)30-4)15-16-27(28,20-29)19-23-11-12-23/h13-14,18,21-23,29H,5-12,15-17,19-20,28H2,1-4H3. The maximum absolute atomic E-state index is 9.77. The molecule has 1 aliphatic carbocycles. The van der Waals surface area contributed by atoms with Gasteiger partial charge in [-0.1, -0.05) is 65.4 Å². The molecule has 0 radical (unpaired) electrons. The van der Waals surface area contributed by atoms with Crippen LogP contribution in [0.15, 0.2) is 18.2 Å². The molecule has 1 aliphatic rings. The molecule has 0 amide bonds. The minimum absolute atomic E-state index is 0.0450. The molecule has 0 heterocycles. The highest BCUT2D eigenvalue weighted by Gasteiger charge is 2.33. The lowest BCUT2D eigenvalue weighted by Gasteiger charge is -2.27. The van der Waals surface area contributed by atoms with Gasteiger partial charge >= 0.3 is 0 Å². The van der Waals surface area contributed by atoms with E-state index in [1.807, 2.05) is 12.1 Å². The number of unbranched alkanes of at least 4 members (excludes halogenated alkanes) is 1. The van der Waals surface area contributed by atoms with E-state index in [0.29, 0.717) is 5.92 Å². The van der Waals surface area contributed by atoms with E-state index >= 15 is 0 Å². The number of aliphatic hydroxyl groups is 1. The van der Waals surface area contributed by atoms with Crippen LogP contribution >= 0.6 is 0 Å². The van der Waals surface area contributed by atoms with Crippen molar-refractivity contribution >= 4 is 0 Å². The summed E-state index contributed by atoms with van der Waals surface area (Å²) in [5.41, 5.74) is 7.10. The zero-order valence-electron chi connectivity index (χ0n) is 20.5. The van der Waals surface area contributed by atoms with Crippen molar-refractivity contribution in [2.24, 2.45) is 23.5 Å². The molecule has 31 heavy (non-hydrogen) atoms. The van der Waals surface area contributed by atoms with Crippen LogP contribution in [-0.4, -0.2) is 31.0 Å². The summed E-state index contributed by atoms with van der Waals surface area (Å²) in [6.45, 7) is 7.78. The number of rotatable bonds is 17. The first-order valence-corrected chi connectivity index (χ1v) is 12.5. The first-order chi connectivity index (χ1) is 14.8. The molecule has 0 saturated heterocycles. The second-order valence-corrected chi connectivity index (χ2v) is 10.4. The van der Waals surface area contributed by atoms with E-state index < -0.39 is 5.54 Å². The molecule has 178 valence electrons. The van der Waals surface area contributed by atoms with Gasteiger partial charge in [0.15, 0.2) is 0 Å². The molecule has 2 unspecified atom stereocenters. The Morgan fingerprint density at radius 3 is 2.48 bits per heavy atom. The molecule has 0 aliphatic heterocycles. The molecule has 3 N–H and O–H groups in total. The fourth-order valence-electron chi connectivity index (χ4n) is 4.35. The first-order valence-electron chi connectivity index (χ1n) is 12.5. The molecule has 0 bridgehead atoms. The summed E-state index contributed by atoms with van der Waals surface area (Å²) < 4.78 is 11.6. The Bertz CT molecular complexity index is 629. The van der Waals surface area contributed by atoms with E-state index in [2.05, 4.69) is 26.8 Å². The van der Waals surface area contributed by atoms with Gasteiger partial charge in [-0.05, 0) is 61.5 Å². The molecule has 1 saturated carbocycles. The van der Waals surface area contributed by atoms with Gasteiger partial charge in [-0.25, -0.2) is 0 Å². The van der Waals surface area contributed by atoms with Crippen molar-refractivity contribution in [1.29, 1.82) is 0 Å². The summed E-state index contributed by atoms with van der Waals surface area (Å²) in [6.07, 6.45) is 12.7. The van der Waals surface area contributed by atoms with Crippen LogP contribution < -0.4 is 15.2 Å². The third kappa shape index (κ3) is 10.3. The molecule has 1 aromatic carbocycles. The summed E-state index contributed by atoms with van der Waals surface area (Å²) in [5.74, 6) is 4.05. The van der Waals surface area contributed by atoms with Gasteiger partial charge in [0.2, 0.25) is 0 Å². The second kappa shape index (κ2) is 13.3. The van der Waals surface area contributed by atoms with Crippen LogP contribution in [-0.2, 0) is 6.42 Å². The Balaban J connectivity index is 1.70. The Hall–Kier alpha value is -1.26. The first kappa shape index (κ1) is 26.0. The van der Waals surface area contributed by atoms with E-state index in [0.717, 1.165) is 61.2 Å². The molecule has 2 atom stereocenters. The third-order valence-electron chi connectivity index (χ3n) is 6.70. The van der Waals surface area contributed by atoms with Gasteiger partial charge in [0.25, 0.3) is 0 Å². The normalized spacial score (nSPS) is 16.9. The zero-order chi connectivity index (χ0) is 22.7. The number of benzene rings is 1. The van der Waals surface area contributed by atoms with Crippen molar-refractivity contribution in [2.45, 2.75) is 96.9 Å². The smallest absolute Gasteiger partial charge is 0.125 e. The number of hydrogen-bond acceptors (Lipinski definition) is 4. The highest BCUT2D eigenvalue weighted by molar-refractivity contribution is 5.41. The lowest BCUT2D eigenvalue weighted by Crippen LogP contribution is -2.44. The highest BCUT2D eigenvalue weighted by Crippen LogP contribution is 2.37. The van der Waals surface area contributed by atoms with Crippen LogP contribution in [0, 0.1) is 17.8 Å². The van der Waals surface area contributed by atoms with Crippen LogP contribution in [0.2, 0.25) is 0 Å². The molecule has 4 nitrogen and oxygen atoms in total. The van der Waals surface area contributed by atoms with Crippen LogP contribution in [0.3, 0.4) is 0 Å². The maximum atomic E-state index is 9.77. The van der Waals surface area contributed by atoms with Crippen molar-refractivity contribution in [3.05, 3.63) is 23.8 Å². The predicted molar refractivity (Wildman–Crippen MR) is 130 cm³/mol. The lowest BCUT2D eigenvalue weighted by atomic mass is 9.87. The Kier molecular flexibility index (Phi) is 11.2. The van der Waals surface area contributed by atoms with Gasteiger partial charge in [-0.15, -0.1) is 0 Å². The van der Waals surface area contributed by atoms with Gasteiger partial charge in [0.1, 0.15) is 11.5 Å². The van der Waals surface area contributed by atoms with Crippen LogP contribution in [0.1, 0.15) is 90.5 Å². The van der Waals surface area contributed by atoms with Crippen LogP contribution in [0.4, 0.5) is 0 Å². The summed E-state index contributed by atoms with van der Waals surface area (Å²) in [5, 5.41) is 9.77. The van der Waals surface area contributed by atoms with Gasteiger partial charge in [-0.3, -0.25) is 0 Å². The van der Waals surface area contributed by atoms with E-state index in [9.17, 15) is 5.11 Å². The summed E-state index contributed by atoms with van der Waals surface area (Å²) in [7, 11) is 1.70. The quantitative estimate of drug-likeness (QED) is 0.290. The van der Waals surface area contributed by atoms with Crippen LogP contribution in [0.5, 0.6) is 11.5 Å². The molecule has 2 rings (SSSR count). The zero-order valence-corrected chi connectivity index (χ0v) is 20.5. The summed E-state index contributed by atoms with van der Waals surface area (Å²) in [6, 6.07) is 6.10. The predicted octanol–water partition coefficient (Wildman–Crippen LogP) is 6.13. The van der Waals surface area contributed by atoms with Gasteiger partial charge < -0.3 is 20.3 Å². The van der Waals surface area contributed by atoms with E-state index in [-0.39, 0.29) is 6.61 Å². The molecule has 1 aromatic rings. The number of methoxy groups -OCH3 is 1. The van der Waals surface area contributed by atoms with E-state index in [1.165, 1.54) is 44.9 Å². The topological polar surface area (TPSA) is 64.7 Å². The van der Waals surface area contributed by atoms with E-state index in [1.54, 1.807) is 7.11 Å². The fraction of sp³-hybridized carbons (Fsp3) is 0.778. The largest absolute Gasteiger partial charge is 0.496 e. The average molecular weight is 434 g/mol.